The third-order valence-electron chi connectivity index (χ3n) is 3.29. The molecular formula is C12H16ClN. The molecule has 14 heavy (non-hydrogen) atoms. The second-order valence-corrected chi connectivity index (χ2v) is 5.21. The molecule has 1 nitrogen and oxygen atoms in total. The van der Waals surface area contributed by atoms with Crippen molar-refractivity contribution in [3.63, 3.8) is 0 Å². The molecule has 0 bridgehead atoms. The van der Waals surface area contributed by atoms with E-state index in [1.165, 1.54) is 12.0 Å². The van der Waals surface area contributed by atoms with Gasteiger partial charge in [0.25, 0.3) is 0 Å². The van der Waals surface area contributed by atoms with Crippen LogP contribution in [0.4, 0.5) is 0 Å². The summed E-state index contributed by atoms with van der Waals surface area (Å²) in [7, 11) is 0. The summed E-state index contributed by atoms with van der Waals surface area (Å²) in [4.78, 5) is 4.35. The molecule has 1 aliphatic carbocycles. The molecule has 76 valence electrons. The summed E-state index contributed by atoms with van der Waals surface area (Å²) >= 11 is 6.16. The Bertz CT molecular complexity index is 320. The number of rotatable bonds is 1. The van der Waals surface area contributed by atoms with E-state index < -0.39 is 0 Å². The Balaban J connectivity index is 2.26. The van der Waals surface area contributed by atoms with Crippen molar-refractivity contribution in [2.45, 2.75) is 43.9 Å². The molecule has 0 aromatic carbocycles. The van der Waals surface area contributed by atoms with E-state index in [0.29, 0.717) is 5.38 Å². The molecule has 1 heterocycles. The van der Waals surface area contributed by atoms with Gasteiger partial charge in [-0.3, -0.25) is 4.98 Å². The van der Waals surface area contributed by atoms with Crippen LogP contribution in [0.2, 0.25) is 0 Å². The SMILES string of the molecule is Cc1ccc(C2(C)CCC(Cl)C2)cn1. The van der Waals surface area contributed by atoms with Gasteiger partial charge in [-0.15, -0.1) is 11.6 Å². The van der Waals surface area contributed by atoms with Crippen molar-refractivity contribution < 1.29 is 0 Å². The van der Waals surface area contributed by atoms with Crippen molar-refractivity contribution in [3.8, 4) is 0 Å². The zero-order chi connectivity index (χ0) is 10.2. The van der Waals surface area contributed by atoms with Crippen LogP contribution in [0.3, 0.4) is 0 Å². The maximum absolute atomic E-state index is 6.16. The van der Waals surface area contributed by atoms with Gasteiger partial charge in [-0.1, -0.05) is 13.0 Å². The van der Waals surface area contributed by atoms with Crippen LogP contribution in [0.15, 0.2) is 18.3 Å². The zero-order valence-electron chi connectivity index (χ0n) is 8.76. The summed E-state index contributed by atoms with van der Waals surface area (Å²) in [5.74, 6) is 0. The van der Waals surface area contributed by atoms with Gasteiger partial charge in [-0.05, 0) is 43.2 Å². The average molecular weight is 210 g/mol. The number of aryl methyl sites for hydroxylation is 1. The lowest BCUT2D eigenvalue weighted by Gasteiger charge is -2.23. The van der Waals surface area contributed by atoms with Gasteiger partial charge in [0.1, 0.15) is 0 Å². The first kappa shape index (κ1) is 9.97. The highest BCUT2D eigenvalue weighted by Crippen LogP contribution is 2.42. The molecule has 2 rings (SSSR count). The third-order valence-corrected chi connectivity index (χ3v) is 3.66. The quantitative estimate of drug-likeness (QED) is 0.646. The van der Waals surface area contributed by atoms with E-state index in [2.05, 4.69) is 24.0 Å². The summed E-state index contributed by atoms with van der Waals surface area (Å²) in [5.41, 5.74) is 2.68. The number of pyridine rings is 1. The summed E-state index contributed by atoms with van der Waals surface area (Å²) in [6, 6.07) is 4.28. The highest BCUT2D eigenvalue weighted by molar-refractivity contribution is 6.20. The van der Waals surface area contributed by atoms with Crippen molar-refractivity contribution in [2.75, 3.05) is 0 Å². The van der Waals surface area contributed by atoms with Crippen molar-refractivity contribution in [1.29, 1.82) is 0 Å². The first-order valence-corrected chi connectivity index (χ1v) is 5.61. The van der Waals surface area contributed by atoms with E-state index >= 15 is 0 Å². The van der Waals surface area contributed by atoms with Crippen molar-refractivity contribution in [1.82, 2.24) is 4.98 Å². The largest absolute Gasteiger partial charge is 0.261 e. The molecule has 2 heteroatoms. The summed E-state index contributed by atoms with van der Waals surface area (Å²) in [6.07, 6.45) is 5.40. The second kappa shape index (κ2) is 3.54. The van der Waals surface area contributed by atoms with Gasteiger partial charge in [-0.2, -0.15) is 0 Å². The van der Waals surface area contributed by atoms with Crippen molar-refractivity contribution in [3.05, 3.63) is 29.6 Å². The molecule has 1 aromatic heterocycles. The van der Waals surface area contributed by atoms with E-state index in [0.717, 1.165) is 18.5 Å². The Kier molecular flexibility index (Phi) is 2.52. The molecule has 1 fully saturated rings. The Labute approximate surface area is 90.5 Å². The Hall–Kier alpha value is -0.560. The topological polar surface area (TPSA) is 12.9 Å². The highest BCUT2D eigenvalue weighted by atomic mass is 35.5. The van der Waals surface area contributed by atoms with Crippen LogP contribution in [0, 0.1) is 6.92 Å². The molecule has 1 aliphatic rings. The summed E-state index contributed by atoms with van der Waals surface area (Å²) in [5, 5.41) is 0.348. The number of nitrogens with zero attached hydrogens (tertiary/aromatic N) is 1. The standard InChI is InChI=1S/C12H16ClN/c1-9-3-4-10(8-14-9)12(2)6-5-11(13)7-12/h3-4,8,11H,5-7H2,1-2H3. The van der Waals surface area contributed by atoms with E-state index in [9.17, 15) is 0 Å². The van der Waals surface area contributed by atoms with Gasteiger partial charge in [0, 0.05) is 17.3 Å². The van der Waals surface area contributed by atoms with Crippen LogP contribution in [-0.2, 0) is 5.41 Å². The van der Waals surface area contributed by atoms with Crippen molar-refractivity contribution >= 4 is 11.6 Å². The minimum atomic E-state index is 0.257. The van der Waals surface area contributed by atoms with Gasteiger partial charge in [0.05, 0.1) is 0 Å². The fourth-order valence-corrected chi connectivity index (χ4v) is 2.70. The lowest BCUT2D eigenvalue weighted by Crippen LogP contribution is -2.18. The number of alkyl halides is 1. The Morgan fingerprint density at radius 1 is 1.50 bits per heavy atom. The second-order valence-electron chi connectivity index (χ2n) is 4.59. The molecule has 1 saturated carbocycles. The first-order chi connectivity index (χ1) is 6.60. The van der Waals surface area contributed by atoms with Crippen LogP contribution in [-0.4, -0.2) is 10.4 Å². The Morgan fingerprint density at radius 2 is 2.29 bits per heavy atom. The number of hydrogen-bond acceptors (Lipinski definition) is 1. The fourth-order valence-electron chi connectivity index (χ4n) is 2.26. The van der Waals surface area contributed by atoms with Crippen LogP contribution in [0.25, 0.3) is 0 Å². The van der Waals surface area contributed by atoms with Crippen LogP contribution < -0.4 is 0 Å². The number of aromatic nitrogens is 1. The Morgan fingerprint density at radius 3 is 2.79 bits per heavy atom. The van der Waals surface area contributed by atoms with Gasteiger partial charge in [-0.25, -0.2) is 0 Å². The van der Waals surface area contributed by atoms with Crippen LogP contribution in [0.1, 0.15) is 37.4 Å². The smallest absolute Gasteiger partial charge is 0.0372 e. The number of hydrogen-bond donors (Lipinski definition) is 0. The lowest BCUT2D eigenvalue weighted by molar-refractivity contribution is 0.490. The van der Waals surface area contributed by atoms with E-state index in [1.54, 1.807) is 0 Å². The van der Waals surface area contributed by atoms with Gasteiger partial charge >= 0.3 is 0 Å². The van der Waals surface area contributed by atoms with E-state index in [-0.39, 0.29) is 5.41 Å². The molecule has 1 aromatic rings. The zero-order valence-corrected chi connectivity index (χ0v) is 9.51. The molecule has 0 amide bonds. The molecule has 0 saturated heterocycles. The first-order valence-electron chi connectivity index (χ1n) is 5.17. The molecule has 0 radical (unpaired) electrons. The average Bonchev–Trinajstić information content (AvgIpc) is 2.48. The monoisotopic (exact) mass is 209 g/mol. The molecule has 0 spiro atoms. The van der Waals surface area contributed by atoms with E-state index in [1.807, 2.05) is 13.1 Å². The third kappa shape index (κ3) is 1.78. The molecule has 0 N–H and O–H groups in total. The lowest BCUT2D eigenvalue weighted by atomic mass is 9.82. The minimum Gasteiger partial charge on any atom is -0.261 e. The van der Waals surface area contributed by atoms with Crippen molar-refractivity contribution in [2.24, 2.45) is 0 Å². The summed E-state index contributed by atoms with van der Waals surface area (Å²) in [6.45, 7) is 4.31. The normalized spacial score (nSPS) is 32.1. The predicted octanol–water partition coefficient (Wildman–Crippen LogP) is 3.44. The van der Waals surface area contributed by atoms with Crippen LogP contribution in [0.5, 0.6) is 0 Å². The molecule has 0 aliphatic heterocycles. The molecular weight excluding hydrogens is 194 g/mol. The van der Waals surface area contributed by atoms with Gasteiger partial charge in [0.15, 0.2) is 0 Å². The number of halogens is 1. The predicted molar refractivity (Wildman–Crippen MR) is 59.8 cm³/mol. The van der Waals surface area contributed by atoms with E-state index in [4.69, 9.17) is 11.6 Å². The highest BCUT2D eigenvalue weighted by Gasteiger charge is 2.35. The van der Waals surface area contributed by atoms with Crippen LogP contribution >= 0.6 is 11.6 Å². The van der Waals surface area contributed by atoms with Gasteiger partial charge in [0.2, 0.25) is 0 Å². The maximum atomic E-state index is 6.16. The minimum absolute atomic E-state index is 0.257. The fraction of sp³-hybridized carbons (Fsp3) is 0.583. The molecule has 2 unspecified atom stereocenters. The maximum Gasteiger partial charge on any atom is 0.0372 e. The van der Waals surface area contributed by atoms with Gasteiger partial charge < -0.3 is 0 Å². The molecule has 2 atom stereocenters. The summed E-state index contributed by atoms with van der Waals surface area (Å²) < 4.78 is 0.